The topological polar surface area (TPSA) is 72.5 Å². The number of carbonyl (C=O) groups excluding carboxylic acids is 3. The fourth-order valence-electron chi connectivity index (χ4n) is 4.03. The molecule has 1 saturated carbocycles. The lowest BCUT2D eigenvalue weighted by molar-refractivity contribution is -0.154. The van der Waals surface area contributed by atoms with Gasteiger partial charge in [0.15, 0.2) is 12.4 Å². The first kappa shape index (κ1) is 21.7. The van der Waals surface area contributed by atoms with E-state index >= 15 is 0 Å². The number of halogens is 1. The normalized spacial score (nSPS) is 15.9. The van der Waals surface area contributed by atoms with Gasteiger partial charge in [0.2, 0.25) is 0 Å². The molecule has 1 aliphatic rings. The van der Waals surface area contributed by atoms with Crippen LogP contribution >= 0.6 is 0 Å². The Bertz CT molecular complexity index is 906. The number of benzene rings is 2. The van der Waals surface area contributed by atoms with Gasteiger partial charge in [-0.05, 0) is 49.4 Å². The number of hydrogen-bond donors (Lipinski definition) is 1. The second kappa shape index (κ2) is 9.65. The van der Waals surface area contributed by atoms with Crippen LogP contribution in [0.15, 0.2) is 54.6 Å². The third-order valence-corrected chi connectivity index (χ3v) is 5.67. The Morgan fingerprint density at radius 3 is 2.40 bits per heavy atom. The molecule has 0 aliphatic heterocycles. The molecule has 0 spiro atoms. The average Bonchev–Trinajstić information content (AvgIpc) is 3.23. The van der Waals surface area contributed by atoms with Crippen molar-refractivity contribution in [1.29, 1.82) is 0 Å². The molecule has 1 atom stereocenters. The van der Waals surface area contributed by atoms with Crippen molar-refractivity contribution in [2.24, 2.45) is 0 Å². The monoisotopic (exact) mass is 411 g/mol. The number of esters is 1. The molecule has 0 saturated heterocycles. The summed E-state index contributed by atoms with van der Waals surface area (Å²) in [5.74, 6) is -1.64. The maximum atomic E-state index is 13.7. The van der Waals surface area contributed by atoms with Crippen LogP contribution in [0.4, 0.5) is 4.39 Å². The Labute approximate surface area is 175 Å². The number of ether oxygens (including phenoxy) is 1. The number of hydrogen-bond acceptors (Lipinski definition) is 4. The van der Waals surface area contributed by atoms with Crippen LogP contribution in [0.2, 0.25) is 0 Å². The van der Waals surface area contributed by atoms with Gasteiger partial charge >= 0.3 is 5.97 Å². The number of carbonyl (C=O) groups is 3. The van der Waals surface area contributed by atoms with Crippen LogP contribution in [0.5, 0.6) is 0 Å². The molecule has 6 heteroatoms. The molecule has 1 unspecified atom stereocenters. The van der Waals surface area contributed by atoms with Crippen LogP contribution in [-0.2, 0) is 31.0 Å². The smallest absolute Gasteiger partial charge is 0.317 e. The molecule has 0 bridgehead atoms. The van der Waals surface area contributed by atoms with Crippen molar-refractivity contribution in [2.75, 3.05) is 6.61 Å². The second-order valence-corrected chi connectivity index (χ2v) is 7.80. The Morgan fingerprint density at radius 1 is 1.07 bits per heavy atom. The van der Waals surface area contributed by atoms with Gasteiger partial charge in [-0.3, -0.25) is 14.4 Å². The van der Waals surface area contributed by atoms with E-state index in [1.165, 1.54) is 19.1 Å². The van der Waals surface area contributed by atoms with Crippen molar-refractivity contribution in [3.05, 3.63) is 71.5 Å². The summed E-state index contributed by atoms with van der Waals surface area (Å²) in [6.45, 7) is 0.936. The lowest BCUT2D eigenvalue weighted by Gasteiger charge is -2.27. The summed E-state index contributed by atoms with van der Waals surface area (Å²) in [4.78, 5) is 37.2. The van der Waals surface area contributed by atoms with Crippen molar-refractivity contribution < 1.29 is 23.5 Å². The van der Waals surface area contributed by atoms with Crippen LogP contribution in [0, 0.1) is 5.82 Å². The van der Waals surface area contributed by atoms with Crippen LogP contribution in [0.25, 0.3) is 0 Å². The van der Waals surface area contributed by atoms with Gasteiger partial charge < -0.3 is 10.1 Å². The zero-order valence-corrected chi connectivity index (χ0v) is 17.0. The van der Waals surface area contributed by atoms with E-state index in [0.717, 1.165) is 18.4 Å². The number of rotatable bonds is 8. The molecule has 30 heavy (non-hydrogen) atoms. The van der Waals surface area contributed by atoms with Gasteiger partial charge in [-0.1, -0.05) is 55.3 Å². The van der Waals surface area contributed by atoms with E-state index in [2.05, 4.69) is 5.32 Å². The first-order chi connectivity index (χ1) is 14.4. The van der Waals surface area contributed by atoms with Crippen molar-refractivity contribution in [3.8, 4) is 0 Å². The zero-order valence-electron chi connectivity index (χ0n) is 17.0. The van der Waals surface area contributed by atoms with Crippen LogP contribution in [0.3, 0.4) is 0 Å². The Balaban J connectivity index is 1.62. The highest BCUT2D eigenvalue weighted by Gasteiger charge is 2.44. The lowest BCUT2D eigenvalue weighted by Crippen LogP contribution is -2.44. The van der Waals surface area contributed by atoms with E-state index in [1.54, 1.807) is 12.1 Å². The Morgan fingerprint density at radius 2 is 1.77 bits per heavy atom. The lowest BCUT2D eigenvalue weighted by atomic mass is 9.79. The molecule has 3 rings (SSSR count). The van der Waals surface area contributed by atoms with Gasteiger partial charge in [0, 0.05) is 0 Å². The minimum atomic E-state index is -0.924. The van der Waals surface area contributed by atoms with Crippen molar-refractivity contribution in [3.63, 3.8) is 0 Å². The Hall–Kier alpha value is -3.02. The van der Waals surface area contributed by atoms with E-state index in [9.17, 15) is 18.8 Å². The molecule has 1 amide bonds. The fourth-order valence-corrected chi connectivity index (χ4v) is 4.03. The molecule has 1 aliphatic carbocycles. The third-order valence-electron chi connectivity index (χ3n) is 5.67. The van der Waals surface area contributed by atoms with Gasteiger partial charge in [0.1, 0.15) is 5.82 Å². The molecular weight excluding hydrogens is 385 g/mol. The second-order valence-electron chi connectivity index (χ2n) is 7.80. The Kier molecular flexibility index (Phi) is 6.98. The predicted molar refractivity (Wildman–Crippen MR) is 110 cm³/mol. The fraction of sp³-hybridized carbons (Fsp3) is 0.375. The molecule has 0 aromatic heterocycles. The maximum Gasteiger partial charge on any atom is 0.317 e. The van der Waals surface area contributed by atoms with Crippen molar-refractivity contribution in [1.82, 2.24) is 5.32 Å². The highest BCUT2D eigenvalue weighted by atomic mass is 19.1. The summed E-state index contributed by atoms with van der Waals surface area (Å²) in [5.41, 5.74) is 0.578. The van der Waals surface area contributed by atoms with E-state index in [0.29, 0.717) is 24.8 Å². The quantitative estimate of drug-likeness (QED) is 0.675. The summed E-state index contributed by atoms with van der Waals surface area (Å²) >= 11 is 0. The van der Waals surface area contributed by atoms with E-state index < -0.39 is 35.8 Å². The van der Waals surface area contributed by atoms with E-state index in [-0.39, 0.29) is 5.78 Å². The average molecular weight is 411 g/mol. The van der Waals surface area contributed by atoms with Gasteiger partial charge in [-0.25, -0.2) is 4.39 Å². The largest absolute Gasteiger partial charge is 0.455 e. The molecule has 0 radical (unpaired) electrons. The summed E-state index contributed by atoms with van der Waals surface area (Å²) in [7, 11) is 0. The molecule has 5 nitrogen and oxygen atoms in total. The molecule has 2 aromatic rings. The third kappa shape index (κ3) is 5.12. The predicted octanol–water partition coefficient (Wildman–Crippen LogP) is 3.50. The van der Waals surface area contributed by atoms with Gasteiger partial charge in [-0.2, -0.15) is 0 Å². The molecule has 158 valence electrons. The van der Waals surface area contributed by atoms with E-state index in [4.69, 9.17) is 4.74 Å². The summed E-state index contributed by atoms with van der Waals surface area (Å²) in [5, 5.41) is 2.65. The first-order valence-electron chi connectivity index (χ1n) is 10.2. The standard InChI is InChI=1S/C24H26FNO4/c1-17(27)21(14-18-8-3-2-4-9-18)26-22(28)16-30-23(29)24(12-5-6-13-24)19-10-7-11-20(25)15-19/h2-4,7-11,15,21H,5-6,12-14,16H2,1H3,(H,26,28). The number of amides is 1. The van der Waals surface area contributed by atoms with Crippen molar-refractivity contribution >= 4 is 17.7 Å². The summed E-state index contributed by atoms with van der Waals surface area (Å²) in [6.07, 6.45) is 3.15. The summed E-state index contributed by atoms with van der Waals surface area (Å²) < 4.78 is 19.0. The van der Waals surface area contributed by atoms with E-state index in [1.807, 2.05) is 30.3 Å². The van der Waals surface area contributed by atoms with Gasteiger partial charge in [0.05, 0.1) is 11.5 Å². The van der Waals surface area contributed by atoms with Crippen LogP contribution in [-0.4, -0.2) is 30.3 Å². The van der Waals surface area contributed by atoms with Gasteiger partial charge in [-0.15, -0.1) is 0 Å². The molecule has 0 heterocycles. The van der Waals surface area contributed by atoms with Crippen LogP contribution < -0.4 is 5.32 Å². The molecule has 2 aromatic carbocycles. The minimum Gasteiger partial charge on any atom is -0.455 e. The molecular formula is C24H26FNO4. The highest BCUT2D eigenvalue weighted by molar-refractivity contribution is 5.90. The number of nitrogens with one attached hydrogen (secondary N) is 1. The van der Waals surface area contributed by atoms with Crippen molar-refractivity contribution in [2.45, 2.75) is 50.5 Å². The van der Waals surface area contributed by atoms with Gasteiger partial charge in [0.25, 0.3) is 5.91 Å². The molecule has 1 fully saturated rings. The number of ketones is 1. The first-order valence-corrected chi connectivity index (χ1v) is 10.2. The molecule has 1 N–H and O–H groups in total. The number of Topliss-reactive ketones (excluding diaryl/α,β-unsaturated/α-hetero) is 1. The van der Waals surface area contributed by atoms with Crippen LogP contribution in [0.1, 0.15) is 43.7 Å². The summed E-state index contributed by atoms with van der Waals surface area (Å²) in [6, 6.07) is 14.7. The maximum absolute atomic E-state index is 13.7. The highest BCUT2D eigenvalue weighted by Crippen LogP contribution is 2.42. The zero-order chi connectivity index (χ0) is 21.6. The minimum absolute atomic E-state index is 0.175. The SMILES string of the molecule is CC(=O)C(Cc1ccccc1)NC(=O)COC(=O)C1(c2cccc(F)c2)CCCC1.